The van der Waals surface area contributed by atoms with Crippen LogP contribution >= 0.6 is 0 Å². The highest BCUT2D eigenvalue weighted by Crippen LogP contribution is 2.03. The van der Waals surface area contributed by atoms with E-state index in [2.05, 4.69) is 19.9 Å². The van der Waals surface area contributed by atoms with Gasteiger partial charge in [0.25, 0.3) is 0 Å². The zero-order valence-electron chi connectivity index (χ0n) is 9.84. The number of nitrogens with zero attached hydrogens (tertiary/aromatic N) is 6. The van der Waals surface area contributed by atoms with Gasteiger partial charge in [0.1, 0.15) is 24.3 Å². The lowest BCUT2D eigenvalue weighted by atomic mass is 10.4. The summed E-state index contributed by atoms with van der Waals surface area (Å²) in [7, 11) is 0. The second-order valence-electron chi connectivity index (χ2n) is 3.14. The monoisotopic (exact) mass is 266 g/mol. The lowest BCUT2D eigenvalue weighted by Gasteiger charge is -1.73. The molecule has 20 heavy (non-hydrogen) atoms. The molecule has 0 saturated heterocycles. The molecule has 10 nitrogen and oxygen atoms in total. The second-order valence-corrected chi connectivity index (χ2v) is 3.14. The summed E-state index contributed by atoms with van der Waals surface area (Å²) in [6.07, 6.45) is 0. The smallest absolute Gasteiger partial charge is 0.199 e. The predicted octanol–water partition coefficient (Wildman–Crippen LogP) is -0.529. The Morgan fingerprint density at radius 2 is 1.05 bits per heavy atom. The Bertz CT molecular complexity index is 651. The number of nitrogen functional groups attached to an aromatic ring is 2. The SMILES string of the molecule is N#Cc1nc(N)[nH]c1C#N.N#Cc1nc(N)[nH]c1C#N. The summed E-state index contributed by atoms with van der Waals surface area (Å²) in [5.74, 6) is 0.182. The van der Waals surface area contributed by atoms with Crippen LogP contribution in [0.3, 0.4) is 0 Å². The molecular formula is C10H6N10. The number of aromatic nitrogens is 4. The van der Waals surface area contributed by atoms with Crippen molar-refractivity contribution in [1.82, 2.24) is 19.9 Å². The minimum absolute atomic E-state index is 0.0417. The first-order valence-corrected chi connectivity index (χ1v) is 4.87. The van der Waals surface area contributed by atoms with E-state index >= 15 is 0 Å². The Kier molecular flexibility index (Phi) is 4.25. The summed E-state index contributed by atoms with van der Waals surface area (Å²) in [6, 6.07) is 6.94. The van der Waals surface area contributed by atoms with Crippen LogP contribution < -0.4 is 11.5 Å². The fourth-order valence-corrected chi connectivity index (χ4v) is 1.11. The Morgan fingerprint density at radius 1 is 0.700 bits per heavy atom. The molecule has 2 aromatic rings. The molecule has 0 amide bonds. The average molecular weight is 266 g/mol. The van der Waals surface area contributed by atoms with Crippen molar-refractivity contribution in [2.45, 2.75) is 0 Å². The first-order valence-electron chi connectivity index (χ1n) is 4.87. The number of anilines is 2. The van der Waals surface area contributed by atoms with Crippen LogP contribution in [0.4, 0.5) is 11.9 Å². The number of imidazole rings is 2. The molecule has 6 N–H and O–H groups in total. The van der Waals surface area contributed by atoms with Crippen LogP contribution in [-0.2, 0) is 0 Å². The highest BCUT2D eigenvalue weighted by molar-refractivity contribution is 5.41. The predicted molar refractivity (Wildman–Crippen MR) is 64.9 cm³/mol. The molecule has 0 fully saturated rings. The van der Waals surface area contributed by atoms with Gasteiger partial charge in [0.15, 0.2) is 34.7 Å². The molecule has 0 atom stereocenters. The number of hydrogen-bond donors (Lipinski definition) is 4. The van der Waals surface area contributed by atoms with Gasteiger partial charge in [-0.1, -0.05) is 0 Å². The topological polar surface area (TPSA) is 205 Å². The van der Waals surface area contributed by atoms with Crippen LogP contribution in [-0.4, -0.2) is 19.9 Å². The van der Waals surface area contributed by atoms with Gasteiger partial charge in [0.05, 0.1) is 0 Å². The maximum atomic E-state index is 8.33. The highest BCUT2D eigenvalue weighted by Gasteiger charge is 2.05. The molecule has 0 aliphatic carbocycles. The van der Waals surface area contributed by atoms with E-state index in [0.29, 0.717) is 0 Å². The van der Waals surface area contributed by atoms with Crippen molar-refractivity contribution in [3.63, 3.8) is 0 Å². The number of H-pyrrole nitrogens is 2. The van der Waals surface area contributed by atoms with Gasteiger partial charge in [0.2, 0.25) is 0 Å². The summed E-state index contributed by atoms with van der Waals surface area (Å²) < 4.78 is 0. The number of hydrogen-bond acceptors (Lipinski definition) is 8. The lowest BCUT2D eigenvalue weighted by Crippen LogP contribution is -1.85. The second kappa shape index (κ2) is 6.06. The molecule has 96 valence electrons. The Morgan fingerprint density at radius 3 is 1.25 bits per heavy atom. The first-order chi connectivity index (χ1) is 9.55. The number of rotatable bonds is 0. The van der Waals surface area contributed by atoms with Crippen LogP contribution in [0.1, 0.15) is 22.8 Å². The minimum Gasteiger partial charge on any atom is -0.369 e. The van der Waals surface area contributed by atoms with Gasteiger partial charge in [-0.25, -0.2) is 9.97 Å². The van der Waals surface area contributed by atoms with Gasteiger partial charge < -0.3 is 21.4 Å². The molecule has 0 aromatic carbocycles. The van der Waals surface area contributed by atoms with E-state index in [1.165, 1.54) is 0 Å². The van der Waals surface area contributed by atoms with E-state index in [1.54, 1.807) is 24.3 Å². The van der Waals surface area contributed by atoms with Gasteiger partial charge in [-0.3, -0.25) is 0 Å². The van der Waals surface area contributed by atoms with Crippen LogP contribution in [0.5, 0.6) is 0 Å². The molecule has 0 unspecified atom stereocenters. The molecule has 0 bridgehead atoms. The third kappa shape index (κ3) is 3.01. The Balaban J connectivity index is 0.000000200. The zero-order valence-corrected chi connectivity index (χ0v) is 9.84. The lowest BCUT2D eigenvalue weighted by molar-refractivity contribution is 1.30. The summed E-state index contributed by atoms with van der Waals surface area (Å²) in [5.41, 5.74) is 10.6. The summed E-state index contributed by atoms with van der Waals surface area (Å²) >= 11 is 0. The Hall–Kier alpha value is -4.02. The molecule has 0 saturated carbocycles. The molecule has 10 heteroatoms. The van der Waals surface area contributed by atoms with Crippen molar-refractivity contribution in [3.05, 3.63) is 22.8 Å². The van der Waals surface area contributed by atoms with Gasteiger partial charge in [-0.05, 0) is 0 Å². The van der Waals surface area contributed by atoms with Crippen molar-refractivity contribution >= 4 is 11.9 Å². The van der Waals surface area contributed by atoms with E-state index < -0.39 is 0 Å². The van der Waals surface area contributed by atoms with Crippen LogP contribution in [0.15, 0.2) is 0 Å². The zero-order chi connectivity index (χ0) is 15.1. The summed E-state index contributed by atoms with van der Waals surface area (Å²) in [4.78, 5) is 11.9. The van der Waals surface area contributed by atoms with E-state index in [0.717, 1.165) is 0 Å². The van der Waals surface area contributed by atoms with Crippen molar-refractivity contribution in [2.24, 2.45) is 0 Å². The standard InChI is InChI=1S/2C5H3N5/c2*6-1-3-4(2-7)10-5(8)9-3/h2*(H3,8,9,10). The third-order valence-electron chi connectivity index (χ3n) is 1.88. The summed E-state index contributed by atoms with van der Waals surface area (Å²) in [6.45, 7) is 0. The molecular weight excluding hydrogens is 260 g/mol. The third-order valence-corrected chi connectivity index (χ3v) is 1.88. The average Bonchev–Trinajstić information content (AvgIpc) is 3.00. The molecule has 0 aliphatic heterocycles. The van der Waals surface area contributed by atoms with Gasteiger partial charge in [-0.2, -0.15) is 21.0 Å². The van der Waals surface area contributed by atoms with E-state index in [9.17, 15) is 0 Å². The minimum atomic E-state index is 0.0417. The van der Waals surface area contributed by atoms with Crippen molar-refractivity contribution in [2.75, 3.05) is 11.5 Å². The molecule has 0 spiro atoms. The summed E-state index contributed by atoms with van der Waals surface area (Å²) in [5, 5.41) is 33.3. The number of nitrogens with one attached hydrogen (secondary N) is 2. The molecule has 2 heterocycles. The van der Waals surface area contributed by atoms with Gasteiger partial charge >= 0.3 is 0 Å². The number of nitriles is 4. The maximum absolute atomic E-state index is 8.33. The highest BCUT2D eigenvalue weighted by atomic mass is 15.0. The fraction of sp³-hybridized carbons (Fsp3) is 0. The number of nitrogens with two attached hydrogens (primary N) is 2. The van der Waals surface area contributed by atoms with Gasteiger partial charge in [0, 0.05) is 0 Å². The molecule has 2 rings (SSSR count). The van der Waals surface area contributed by atoms with Crippen LogP contribution in [0.2, 0.25) is 0 Å². The maximum Gasteiger partial charge on any atom is 0.199 e. The van der Waals surface area contributed by atoms with E-state index in [4.69, 9.17) is 32.5 Å². The van der Waals surface area contributed by atoms with E-state index in [1.807, 2.05) is 0 Å². The van der Waals surface area contributed by atoms with Crippen molar-refractivity contribution < 1.29 is 0 Å². The quantitative estimate of drug-likeness (QED) is 0.486. The van der Waals surface area contributed by atoms with Crippen molar-refractivity contribution in [1.29, 1.82) is 21.0 Å². The van der Waals surface area contributed by atoms with Crippen LogP contribution in [0.25, 0.3) is 0 Å². The fourth-order valence-electron chi connectivity index (χ4n) is 1.11. The van der Waals surface area contributed by atoms with Gasteiger partial charge in [-0.15, -0.1) is 0 Å². The Labute approximate surface area is 112 Å². The van der Waals surface area contributed by atoms with E-state index in [-0.39, 0.29) is 34.7 Å². The normalized spacial score (nSPS) is 8.20. The number of aromatic amines is 2. The molecule has 0 aliphatic rings. The van der Waals surface area contributed by atoms with Crippen LogP contribution in [0, 0.1) is 45.3 Å². The first kappa shape index (κ1) is 14.0. The molecule has 0 radical (unpaired) electrons. The van der Waals surface area contributed by atoms with Crippen molar-refractivity contribution in [3.8, 4) is 24.3 Å². The largest absolute Gasteiger partial charge is 0.369 e. The molecule has 2 aromatic heterocycles.